The maximum absolute atomic E-state index is 13.1. The van der Waals surface area contributed by atoms with Crippen molar-refractivity contribution in [2.75, 3.05) is 20.6 Å². The maximum atomic E-state index is 13.1. The minimum Gasteiger partial charge on any atom is -0.324 e. The Balaban J connectivity index is 1.80. The smallest absolute Gasteiger partial charge is 0.264 e. The molecule has 0 spiro atoms. The van der Waals surface area contributed by atoms with E-state index < -0.39 is 32.0 Å². The normalized spacial score (nSPS) is 12.6. The predicted molar refractivity (Wildman–Crippen MR) is 140 cm³/mol. The Bertz CT molecular complexity index is 1440. The van der Waals surface area contributed by atoms with Crippen molar-refractivity contribution in [1.82, 2.24) is 9.97 Å². The fourth-order valence-electron chi connectivity index (χ4n) is 3.54. The predicted octanol–water partition coefficient (Wildman–Crippen LogP) is 3.73. The van der Waals surface area contributed by atoms with Gasteiger partial charge in [0.2, 0.25) is 21.9 Å². The van der Waals surface area contributed by atoms with Crippen molar-refractivity contribution in [2.45, 2.75) is 38.1 Å². The number of carbonyl (C=O) groups excluding carboxylic acids is 1. The van der Waals surface area contributed by atoms with Crippen LogP contribution in [0.3, 0.4) is 0 Å². The van der Waals surface area contributed by atoms with E-state index in [1.165, 1.54) is 48.5 Å². The summed E-state index contributed by atoms with van der Waals surface area (Å²) in [7, 11) is -7.78. The minimum atomic E-state index is -3.97. The molecule has 0 saturated carbocycles. The van der Waals surface area contributed by atoms with Gasteiger partial charge in [-0.2, -0.15) is 0 Å². The lowest BCUT2D eigenvalue weighted by atomic mass is 10.2. The van der Waals surface area contributed by atoms with Crippen LogP contribution in [0.15, 0.2) is 59.5 Å². The molecule has 192 valence electrons. The van der Waals surface area contributed by atoms with Gasteiger partial charge in [-0.1, -0.05) is 18.5 Å². The molecule has 1 heterocycles. The summed E-state index contributed by atoms with van der Waals surface area (Å²) in [5.41, 5.74) is 1.82. The molecule has 36 heavy (non-hydrogen) atoms. The molecule has 0 saturated heterocycles. The molecule has 0 aliphatic carbocycles. The Morgan fingerprint density at radius 1 is 0.972 bits per heavy atom. The Morgan fingerprint density at radius 2 is 1.53 bits per heavy atom. The maximum Gasteiger partial charge on any atom is 0.264 e. The zero-order chi connectivity index (χ0) is 26.7. The van der Waals surface area contributed by atoms with Crippen molar-refractivity contribution in [3.63, 3.8) is 0 Å². The molecule has 0 aliphatic rings. The number of aryl methyl sites for hydroxylation is 2. The van der Waals surface area contributed by atoms with Gasteiger partial charge in [0.1, 0.15) is 6.04 Å². The van der Waals surface area contributed by atoms with Crippen LogP contribution in [-0.2, 0) is 24.8 Å². The number of hydrogen-bond donors (Lipinski definition) is 2. The number of benzene rings is 2. The second-order valence-corrected chi connectivity index (χ2v) is 12.0. The molecule has 0 fully saturated rings. The molecule has 0 bridgehead atoms. The number of sulfonamides is 2. The van der Waals surface area contributed by atoms with Gasteiger partial charge in [0.15, 0.2) is 0 Å². The molecule has 1 atom stereocenters. The first kappa shape index (κ1) is 27.4. The van der Waals surface area contributed by atoms with Crippen LogP contribution in [0.5, 0.6) is 0 Å². The van der Waals surface area contributed by atoms with E-state index in [0.29, 0.717) is 27.8 Å². The number of amides is 1. The van der Waals surface area contributed by atoms with Crippen LogP contribution in [0.2, 0.25) is 5.02 Å². The summed E-state index contributed by atoms with van der Waals surface area (Å²) in [6.45, 7) is 5.14. The highest BCUT2D eigenvalue weighted by Crippen LogP contribution is 2.25. The van der Waals surface area contributed by atoms with Crippen LogP contribution >= 0.6 is 11.6 Å². The molecule has 2 aromatic carbocycles. The van der Waals surface area contributed by atoms with Crippen LogP contribution in [0.1, 0.15) is 24.7 Å². The van der Waals surface area contributed by atoms with Crippen molar-refractivity contribution in [3.8, 4) is 0 Å². The minimum absolute atomic E-state index is 0.0428. The molecule has 0 radical (unpaired) electrons. The van der Waals surface area contributed by atoms with Crippen molar-refractivity contribution >= 4 is 54.9 Å². The first-order valence-corrected chi connectivity index (χ1v) is 14.5. The first-order chi connectivity index (χ1) is 16.8. The molecule has 1 amide bonds. The van der Waals surface area contributed by atoms with Gasteiger partial charge in [0.05, 0.1) is 16.8 Å². The largest absolute Gasteiger partial charge is 0.324 e. The lowest BCUT2D eigenvalue weighted by Crippen LogP contribution is -2.47. The fourth-order valence-corrected chi connectivity index (χ4v) is 5.82. The Morgan fingerprint density at radius 3 is 2.03 bits per heavy atom. The van der Waals surface area contributed by atoms with Gasteiger partial charge in [-0.05, 0) is 74.9 Å². The number of nitrogens with one attached hydrogen (secondary N) is 2. The second-order valence-electron chi connectivity index (χ2n) is 8.05. The molecule has 1 aromatic heterocycles. The van der Waals surface area contributed by atoms with E-state index >= 15 is 0 Å². The van der Waals surface area contributed by atoms with Crippen molar-refractivity contribution in [3.05, 3.63) is 71.0 Å². The van der Waals surface area contributed by atoms with Gasteiger partial charge < -0.3 is 5.32 Å². The van der Waals surface area contributed by atoms with Crippen LogP contribution < -0.4 is 14.3 Å². The van der Waals surface area contributed by atoms with Gasteiger partial charge in [0, 0.05) is 22.1 Å². The number of nitrogens with zero attached hydrogens (tertiary/aromatic N) is 3. The van der Waals surface area contributed by atoms with E-state index in [1.807, 2.05) is 0 Å². The molecule has 10 nitrogen and oxygen atoms in total. The number of halogens is 1. The van der Waals surface area contributed by atoms with Crippen molar-refractivity contribution < 1.29 is 21.6 Å². The monoisotopic (exact) mass is 551 g/mol. The zero-order valence-corrected chi connectivity index (χ0v) is 22.4. The van der Waals surface area contributed by atoms with E-state index in [4.69, 9.17) is 11.6 Å². The summed E-state index contributed by atoms with van der Waals surface area (Å²) in [6.07, 6.45) is 1.21. The summed E-state index contributed by atoms with van der Waals surface area (Å²) >= 11 is 5.92. The highest BCUT2D eigenvalue weighted by Gasteiger charge is 2.31. The molecule has 0 unspecified atom stereocenters. The van der Waals surface area contributed by atoms with E-state index in [-0.39, 0.29) is 17.3 Å². The summed E-state index contributed by atoms with van der Waals surface area (Å²) in [6, 6.07) is 12.2. The van der Waals surface area contributed by atoms with Gasteiger partial charge in [0.25, 0.3) is 10.0 Å². The third-order valence-electron chi connectivity index (χ3n) is 5.05. The van der Waals surface area contributed by atoms with Crippen LogP contribution in [0.4, 0.5) is 17.3 Å². The number of carbonyl (C=O) groups is 1. The Labute approximate surface area is 215 Å². The molecular formula is C23H26ClN5O5S2. The molecule has 3 aromatic rings. The summed E-state index contributed by atoms with van der Waals surface area (Å²) in [5.74, 6) is -0.617. The third-order valence-corrected chi connectivity index (χ3v) is 7.83. The number of hydrogen-bond acceptors (Lipinski definition) is 7. The highest BCUT2D eigenvalue weighted by molar-refractivity contribution is 7.92. The number of rotatable bonds is 9. The number of aromatic nitrogens is 2. The average Bonchev–Trinajstić information content (AvgIpc) is 2.76. The quantitative estimate of drug-likeness (QED) is 0.413. The van der Waals surface area contributed by atoms with E-state index in [1.54, 1.807) is 26.8 Å². The van der Waals surface area contributed by atoms with Gasteiger partial charge in [-0.15, -0.1) is 0 Å². The Hall–Kier alpha value is -3.22. The standard InChI is InChI=1S/C23H26ClN5O5S2/c1-5-21(29(35(4,31)32)19-10-6-17(24)7-11-19)22(30)27-18-8-12-20(13-9-18)36(33,34)28-23-25-15(2)14-16(3)26-23/h6-14,21H,5H2,1-4H3,(H,27,30)(H,25,26,28)/t21-/m1/s1. The summed E-state index contributed by atoms with van der Waals surface area (Å²) in [4.78, 5) is 21.2. The van der Waals surface area contributed by atoms with Crippen LogP contribution in [0.25, 0.3) is 0 Å². The second kappa shape index (κ2) is 10.8. The van der Waals surface area contributed by atoms with Crippen LogP contribution in [-0.4, -0.2) is 45.0 Å². The van der Waals surface area contributed by atoms with Crippen molar-refractivity contribution in [1.29, 1.82) is 0 Å². The number of anilines is 3. The van der Waals surface area contributed by atoms with E-state index in [9.17, 15) is 21.6 Å². The zero-order valence-electron chi connectivity index (χ0n) is 20.1. The summed E-state index contributed by atoms with van der Waals surface area (Å²) < 4.78 is 53.9. The highest BCUT2D eigenvalue weighted by atomic mass is 35.5. The topological polar surface area (TPSA) is 138 Å². The fraction of sp³-hybridized carbons (Fsp3) is 0.261. The molecule has 3 rings (SSSR count). The Kier molecular flexibility index (Phi) is 8.22. The lowest BCUT2D eigenvalue weighted by molar-refractivity contribution is -0.117. The van der Waals surface area contributed by atoms with Gasteiger partial charge in [-0.3, -0.25) is 9.10 Å². The van der Waals surface area contributed by atoms with Gasteiger partial charge in [-0.25, -0.2) is 31.5 Å². The van der Waals surface area contributed by atoms with Gasteiger partial charge >= 0.3 is 0 Å². The summed E-state index contributed by atoms with van der Waals surface area (Å²) in [5, 5.41) is 3.09. The van der Waals surface area contributed by atoms with E-state index in [2.05, 4.69) is 20.0 Å². The lowest BCUT2D eigenvalue weighted by Gasteiger charge is -2.30. The SMILES string of the molecule is CC[C@H](C(=O)Nc1ccc(S(=O)(=O)Nc2nc(C)cc(C)n2)cc1)N(c1ccc(Cl)cc1)S(C)(=O)=O. The molecular weight excluding hydrogens is 526 g/mol. The average molecular weight is 552 g/mol. The first-order valence-electron chi connectivity index (χ1n) is 10.8. The third kappa shape index (κ3) is 6.71. The molecule has 0 aliphatic heterocycles. The molecule has 13 heteroatoms. The van der Waals surface area contributed by atoms with Crippen molar-refractivity contribution in [2.24, 2.45) is 0 Å². The molecule has 2 N–H and O–H groups in total. The van der Waals surface area contributed by atoms with Crippen LogP contribution in [0, 0.1) is 13.8 Å². The van der Waals surface area contributed by atoms with E-state index in [0.717, 1.165) is 10.6 Å².